The molecule has 2 heteroatoms. The van der Waals surface area contributed by atoms with Crippen LogP contribution in [0.15, 0.2) is 42.5 Å². The first-order chi connectivity index (χ1) is 10.3. The van der Waals surface area contributed by atoms with E-state index in [1.165, 1.54) is 35.2 Å². The molecule has 0 amide bonds. The summed E-state index contributed by atoms with van der Waals surface area (Å²) in [6.07, 6.45) is 4.58. The summed E-state index contributed by atoms with van der Waals surface area (Å²) in [4.78, 5) is 14.8. The van der Waals surface area contributed by atoms with Crippen molar-refractivity contribution in [1.29, 1.82) is 0 Å². The largest absolute Gasteiger partial charge is 0.363 e. The van der Waals surface area contributed by atoms with Crippen LogP contribution in [0.1, 0.15) is 33.5 Å². The van der Waals surface area contributed by atoms with Gasteiger partial charge in [-0.05, 0) is 54.5 Å². The Kier molecular flexibility index (Phi) is 3.03. The Morgan fingerprint density at radius 1 is 0.952 bits per heavy atom. The topological polar surface area (TPSA) is 20.3 Å². The highest BCUT2D eigenvalue weighted by Crippen LogP contribution is 2.28. The van der Waals surface area contributed by atoms with Gasteiger partial charge in [-0.15, -0.1) is 0 Å². The quantitative estimate of drug-likeness (QED) is 0.801. The van der Waals surface area contributed by atoms with Crippen LogP contribution >= 0.6 is 0 Å². The number of ketones is 1. The highest BCUT2D eigenvalue weighted by molar-refractivity contribution is 5.99. The third kappa shape index (κ3) is 2.25. The Labute approximate surface area is 125 Å². The van der Waals surface area contributed by atoms with Gasteiger partial charge in [0.05, 0.1) is 6.54 Å². The Morgan fingerprint density at radius 2 is 1.81 bits per heavy atom. The summed E-state index contributed by atoms with van der Waals surface area (Å²) in [5.74, 6) is 0.237. The molecule has 2 aliphatic rings. The van der Waals surface area contributed by atoms with Crippen molar-refractivity contribution in [2.45, 2.75) is 25.7 Å². The van der Waals surface area contributed by atoms with Gasteiger partial charge >= 0.3 is 0 Å². The molecule has 0 saturated carbocycles. The first-order valence-electron chi connectivity index (χ1n) is 7.79. The number of anilines is 1. The predicted octanol–water partition coefficient (Wildman–Crippen LogP) is 3.42. The molecule has 1 heterocycles. The number of aryl methyl sites for hydroxylation is 2. The van der Waals surface area contributed by atoms with E-state index < -0.39 is 0 Å². The summed E-state index contributed by atoms with van der Waals surface area (Å²) in [6, 6.07) is 14.7. The summed E-state index contributed by atoms with van der Waals surface area (Å²) >= 11 is 0. The second-order valence-corrected chi connectivity index (χ2v) is 6.06. The second-order valence-electron chi connectivity index (χ2n) is 6.06. The molecule has 21 heavy (non-hydrogen) atoms. The molecule has 0 bridgehead atoms. The van der Waals surface area contributed by atoms with Crippen molar-refractivity contribution >= 4 is 11.5 Å². The van der Waals surface area contributed by atoms with Gasteiger partial charge in [0.25, 0.3) is 0 Å². The minimum atomic E-state index is 0.237. The summed E-state index contributed by atoms with van der Waals surface area (Å²) in [7, 11) is 0. The predicted molar refractivity (Wildman–Crippen MR) is 85.2 cm³/mol. The summed E-state index contributed by atoms with van der Waals surface area (Å²) in [5.41, 5.74) is 6.27. The number of benzene rings is 2. The van der Waals surface area contributed by atoms with Crippen LogP contribution in [0.3, 0.4) is 0 Å². The molecular formula is C19H19NO. The lowest BCUT2D eigenvalue weighted by molar-refractivity contribution is 0.0999. The van der Waals surface area contributed by atoms with Crippen molar-refractivity contribution in [3.05, 3.63) is 64.7 Å². The van der Waals surface area contributed by atoms with Crippen molar-refractivity contribution < 1.29 is 4.79 Å². The summed E-state index contributed by atoms with van der Waals surface area (Å²) in [5, 5.41) is 0. The van der Waals surface area contributed by atoms with E-state index >= 15 is 0 Å². The molecule has 0 saturated heterocycles. The molecule has 1 aliphatic heterocycles. The van der Waals surface area contributed by atoms with Crippen LogP contribution in [0.2, 0.25) is 0 Å². The molecule has 2 aromatic rings. The lowest BCUT2D eigenvalue weighted by Gasteiger charge is -2.18. The molecule has 0 fully saturated rings. The van der Waals surface area contributed by atoms with Crippen LogP contribution in [0.4, 0.5) is 5.69 Å². The van der Waals surface area contributed by atoms with Gasteiger partial charge < -0.3 is 4.90 Å². The third-order valence-corrected chi connectivity index (χ3v) is 4.74. The lowest BCUT2D eigenvalue weighted by atomic mass is 10.0. The van der Waals surface area contributed by atoms with E-state index in [0.717, 1.165) is 24.9 Å². The molecule has 0 unspecified atom stereocenters. The fourth-order valence-electron chi connectivity index (χ4n) is 3.58. The van der Waals surface area contributed by atoms with E-state index in [-0.39, 0.29) is 5.78 Å². The molecule has 106 valence electrons. The van der Waals surface area contributed by atoms with E-state index in [4.69, 9.17) is 0 Å². The zero-order chi connectivity index (χ0) is 14.2. The van der Waals surface area contributed by atoms with Crippen LogP contribution in [0.25, 0.3) is 0 Å². The molecule has 0 aromatic heterocycles. The van der Waals surface area contributed by atoms with E-state index in [1.54, 1.807) is 0 Å². The Bertz CT molecular complexity index is 704. The van der Waals surface area contributed by atoms with Gasteiger partial charge in [0.2, 0.25) is 0 Å². The van der Waals surface area contributed by atoms with Crippen LogP contribution < -0.4 is 4.90 Å². The monoisotopic (exact) mass is 277 g/mol. The van der Waals surface area contributed by atoms with Crippen molar-refractivity contribution in [1.82, 2.24) is 0 Å². The summed E-state index contributed by atoms with van der Waals surface area (Å²) in [6.45, 7) is 1.45. The van der Waals surface area contributed by atoms with Crippen molar-refractivity contribution in [2.75, 3.05) is 18.0 Å². The SMILES string of the molecule is O=C(CN1CCc2ccccc21)c1ccc2c(c1)CCC2. The number of hydrogen-bond donors (Lipinski definition) is 0. The zero-order valence-corrected chi connectivity index (χ0v) is 12.1. The van der Waals surface area contributed by atoms with Gasteiger partial charge in [-0.25, -0.2) is 0 Å². The molecule has 2 nitrogen and oxygen atoms in total. The highest BCUT2D eigenvalue weighted by Gasteiger charge is 2.21. The van der Waals surface area contributed by atoms with Gasteiger partial charge in [-0.1, -0.05) is 30.3 Å². The standard InChI is InChI=1S/C19H19NO/c21-19(17-9-8-14-5-3-6-16(14)12-17)13-20-11-10-15-4-1-2-7-18(15)20/h1-2,4,7-9,12H,3,5-6,10-11,13H2. The first kappa shape index (κ1) is 12.6. The lowest BCUT2D eigenvalue weighted by Crippen LogP contribution is -2.28. The maximum Gasteiger partial charge on any atom is 0.182 e. The zero-order valence-electron chi connectivity index (χ0n) is 12.1. The van der Waals surface area contributed by atoms with Crippen LogP contribution in [-0.4, -0.2) is 18.9 Å². The maximum atomic E-state index is 12.6. The minimum absolute atomic E-state index is 0.237. The number of fused-ring (bicyclic) bond motifs is 2. The first-order valence-corrected chi connectivity index (χ1v) is 7.79. The number of para-hydroxylation sites is 1. The van der Waals surface area contributed by atoms with Crippen LogP contribution in [0, 0.1) is 0 Å². The molecule has 4 rings (SSSR count). The number of hydrogen-bond acceptors (Lipinski definition) is 2. The van der Waals surface area contributed by atoms with E-state index in [0.29, 0.717) is 6.54 Å². The van der Waals surface area contributed by atoms with E-state index in [1.807, 2.05) is 6.07 Å². The summed E-state index contributed by atoms with van der Waals surface area (Å²) < 4.78 is 0. The minimum Gasteiger partial charge on any atom is -0.363 e. The van der Waals surface area contributed by atoms with Gasteiger partial charge in [-0.2, -0.15) is 0 Å². The highest BCUT2D eigenvalue weighted by atomic mass is 16.1. The maximum absolute atomic E-state index is 12.6. The van der Waals surface area contributed by atoms with Crippen molar-refractivity contribution in [3.8, 4) is 0 Å². The Balaban J connectivity index is 1.54. The number of nitrogens with zero attached hydrogens (tertiary/aromatic N) is 1. The smallest absolute Gasteiger partial charge is 0.182 e. The van der Waals surface area contributed by atoms with Crippen molar-refractivity contribution in [3.63, 3.8) is 0 Å². The Morgan fingerprint density at radius 3 is 2.76 bits per heavy atom. The van der Waals surface area contributed by atoms with E-state index in [2.05, 4.69) is 41.3 Å². The average Bonchev–Trinajstić information content (AvgIpc) is 3.13. The van der Waals surface area contributed by atoms with E-state index in [9.17, 15) is 4.79 Å². The number of rotatable bonds is 3. The third-order valence-electron chi connectivity index (χ3n) is 4.74. The normalized spacial score (nSPS) is 15.9. The molecule has 0 radical (unpaired) electrons. The van der Waals surface area contributed by atoms with Gasteiger partial charge in [0.15, 0.2) is 5.78 Å². The number of Topliss-reactive ketones (excluding diaryl/α,β-unsaturated/α-hetero) is 1. The number of carbonyl (C=O) groups is 1. The van der Waals surface area contributed by atoms with Crippen molar-refractivity contribution in [2.24, 2.45) is 0 Å². The molecule has 2 aromatic carbocycles. The average molecular weight is 277 g/mol. The van der Waals surface area contributed by atoms with Gasteiger partial charge in [-0.3, -0.25) is 4.79 Å². The Hall–Kier alpha value is -2.09. The fourth-order valence-corrected chi connectivity index (χ4v) is 3.58. The second kappa shape index (κ2) is 5.03. The fraction of sp³-hybridized carbons (Fsp3) is 0.316. The molecule has 0 N–H and O–H groups in total. The molecular weight excluding hydrogens is 258 g/mol. The van der Waals surface area contributed by atoms with Crippen LogP contribution in [-0.2, 0) is 19.3 Å². The number of carbonyl (C=O) groups excluding carboxylic acids is 1. The molecule has 0 spiro atoms. The molecule has 0 atom stereocenters. The van der Waals surface area contributed by atoms with Gasteiger partial charge in [0.1, 0.15) is 0 Å². The molecule has 1 aliphatic carbocycles. The van der Waals surface area contributed by atoms with Gasteiger partial charge in [0, 0.05) is 17.8 Å². The van der Waals surface area contributed by atoms with Crippen LogP contribution in [0.5, 0.6) is 0 Å².